The Morgan fingerprint density at radius 3 is 1.05 bits per heavy atom. The lowest BCUT2D eigenvalue weighted by Gasteiger charge is -2.20. The van der Waals surface area contributed by atoms with Crippen LogP contribution in [0.5, 0.6) is 0 Å². The van der Waals surface area contributed by atoms with E-state index in [9.17, 15) is 15.0 Å². The van der Waals surface area contributed by atoms with E-state index in [1.165, 1.54) is 180 Å². The lowest BCUT2D eigenvalue weighted by molar-refractivity contribution is -0.123. The molecule has 4 heteroatoms. The van der Waals surface area contributed by atoms with Crippen LogP contribution in [0.4, 0.5) is 0 Å². The van der Waals surface area contributed by atoms with Crippen molar-refractivity contribution < 1.29 is 15.0 Å². The summed E-state index contributed by atoms with van der Waals surface area (Å²) < 4.78 is 0. The van der Waals surface area contributed by atoms with Gasteiger partial charge >= 0.3 is 0 Å². The molecule has 3 N–H and O–H groups in total. The Balaban J connectivity index is 3.45. The van der Waals surface area contributed by atoms with Crippen LogP contribution < -0.4 is 5.32 Å². The van der Waals surface area contributed by atoms with Crippen LogP contribution in [0.25, 0.3) is 0 Å². The Morgan fingerprint density at radius 2 is 0.698 bits per heavy atom. The predicted molar refractivity (Wildman–Crippen MR) is 280 cm³/mol. The van der Waals surface area contributed by atoms with Crippen LogP contribution >= 0.6 is 0 Å². The number of aliphatic hydroxyl groups excluding tert-OH is 2. The number of aliphatic hydroxyl groups is 2. The van der Waals surface area contributed by atoms with E-state index >= 15 is 0 Å². The number of unbranched alkanes of at least 4 members (excludes halogenated alkanes) is 30. The molecular weight excluding hydrogens is 771 g/mol. The Kier molecular flexibility index (Phi) is 51.8. The van der Waals surface area contributed by atoms with E-state index in [1.807, 2.05) is 6.08 Å². The molecule has 0 aliphatic rings. The maximum absolute atomic E-state index is 12.4. The molecule has 0 aromatic heterocycles. The Hall–Kier alpha value is -2.43. The molecule has 0 aliphatic heterocycles. The smallest absolute Gasteiger partial charge is 0.220 e. The van der Waals surface area contributed by atoms with Gasteiger partial charge in [0.15, 0.2) is 0 Å². The minimum Gasteiger partial charge on any atom is -0.394 e. The summed E-state index contributed by atoms with van der Waals surface area (Å²) in [7, 11) is 0. The van der Waals surface area contributed by atoms with Crippen molar-refractivity contribution in [1.29, 1.82) is 0 Å². The summed E-state index contributed by atoms with van der Waals surface area (Å²) in [6, 6.07) is -0.622. The first-order chi connectivity index (χ1) is 31.2. The minimum atomic E-state index is -0.839. The highest BCUT2D eigenvalue weighted by Crippen LogP contribution is 2.16. The summed E-state index contributed by atoms with van der Waals surface area (Å²) in [6.07, 6.45) is 78.9. The number of rotatable bonds is 49. The van der Waals surface area contributed by atoms with Crippen LogP contribution in [0.15, 0.2) is 85.1 Å². The molecule has 0 aliphatic carbocycles. The van der Waals surface area contributed by atoms with Gasteiger partial charge in [-0.05, 0) is 70.6 Å². The van der Waals surface area contributed by atoms with E-state index in [4.69, 9.17) is 0 Å². The third-order valence-electron chi connectivity index (χ3n) is 12.1. The number of allylic oxidation sites excluding steroid dienone is 13. The van der Waals surface area contributed by atoms with Crippen LogP contribution in [0.1, 0.15) is 264 Å². The molecule has 4 nitrogen and oxygen atoms in total. The number of hydrogen-bond donors (Lipinski definition) is 3. The SMILES string of the molecule is CC/C=C\C/C=C\C/C=C\C/C=C\C/C=C\C/C=C\CCCCCCCCCCCCCCCCCCCCCCC(=O)NC(CO)C(O)/C=C/CCCCCCCCCCCC. The van der Waals surface area contributed by atoms with Gasteiger partial charge in [0.25, 0.3) is 0 Å². The van der Waals surface area contributed by atoms with E-state index in [0.29, 0.717) is 6.42 Å². The number of hydrogen-bond acceptors (Lipinski definition) is 3. The van der Waals surface area contributed by atoms with E-state index in [2.05, 4.69) is 92.1 Å². The van der Waals surface area contributed by atoms with Gasteiger partial charge in [-0.1, -0.05) is 272 Å². The molecule has 0 saturated carbocycles. The van der Waals surface area contributed by atoms with Gasteiger partial charge in [-0.15, -0.1) is 0 Å². The molecule has 63 heavy (non-hydrogen) atoms. The highest BCUT2D eigenvalue weighted by atomic mass is 16.3. The van der Waals surface area contributed by atoms with Crippen LogP contribution in [0.2, 0.25) is 0 Å². The van der Waals surface area contributed by atoms with E-state index in [0.717, 1.165) is 64.2 Å². The van der Waals surface area contributed by atoms with Gasteiger partial charge in [0, 0.05) is 6.42 Å². The molecule has 0 spiro atoms. The van der Waals surface area contributed by atoms with Crippen LogP contribution in [-0.2, 0) is 4.79 Å². The van der Waals surface area contributed by atoms with Crippen molar-refractivity contribution in [3.8, 4) is 0 Å². The second-order valence-corrected chi connectivity index (χ2v) is 18.3. The summed E-state index contributed by atoms with van der Waals surface area (Å²) >= 11 is 0. The zero-order valence-corrected chi connectivity index (χ0v) is 41.8. The molecule has 1 amide bonds. The number of nitrogens with one attached hydrogen (secondary N) is 1. The molecular formula is C59H105NO3. The molecule has 0 saturated heterocycles. The van der Waals surface area contributed by atoms with Crippen LogP contribution in [-0.4, -0.2) is 34.9 Å². The molecule has 0 aromatic rings. The fraction of sp³-hybridized carbons (Fsp3) is 0.746. The zero-order chi connectivity index (χ0) is 45.6. The van der Waals surface area contributed by atoms with E-state index in [-0.39, 0.29) is 12.5 Å². The normalized spacial score (nSPS) is 13.5. The molecule has 2 atom stereocenters. The van der Waals surface area contributed by atoms with Crippen molar-refractivity contribution in [1.82, 2.24) is 5.32 Å². The Bertz CT molecular complexity index is 1130. The summed E-state index contributed by atoms with van der Waals surface area (Å²) in [5.41, 5.74) is 0. The van der Waals surface area contributed by atoms with Crippen molar-refractivity contribution in [2.75, 3.05) is 6.61 Å². The maximum atomic E-state index is 12.4. The fourth-order valence-corrected chi connectivity index (χ4v) is 8.01. The van der Waals surface area contributed by atoms with E-state index in [1.54, 1.807) is 6.08 Å². The monoisotopic (exact) mass is 876 g/mol. The van der Waals surface area contributed by atoms with Gasteiger partial charge < -0.3 is 15.5 Å². The average molecular weight is 876 g/mol. The van der Waals surface area contributed by atoms with Gasteiger partial charge in [-0.2, -0.15) is 0 Å². The average Bonchev–Trinajstić information content (AvgIpc) is 3.29. The summed E-state index contributed by atoms with van der Waals surface area (Å²) in [6.45, 7) is 4.19. The molecule has 0 heterocycles. The molecule has 0 radical (unpaired) electrons. The second kappa shape index (κ2) is 53.9. The minimum absolute atomic E-state index is 0.0640. The zero-order valence-electron chi connectivity index (χ0n) is 41.8. The van der Waals surface area contributed by atoms with Crippen molar-refractivity contribution in [2.45, 2.75) is 276 Å². The third-order valence-corrected chi connectivity index (χ3v) is 12.1. The maximum Gasteiger partial charge on any atom is 0.220 e. The second-order valence-electron chi connectivity index (χ2n) is 18.3. The summed E-state index contributed by atoms with van der Waals surface area (Å²) in [5.74, 6) is -0.0640. The molecule has 0 fully saturated rings. The lowest BCUT2D eigenvalue weighted by atomic mass is 10.0. The third kappa shape index (κ3) is 50.4. The standard InChI is InChI=1S/C59H105NO3/c1-3-5-7-9-11-13-15-17-18-19-20-21-22-23-24-25-26-27-28-29-30-31-32-33-34-35-36-37-38-39-40-41-42-43-45-47-49-51-53-55-59(63)60-57(56-61)58(62)54-52-50-48-46-44-16-14-12-10-8-6-4-2/h5,7,11,13,17-18,20-21,23-24,26-27,52,54,57-58,61-62H,3-4,6,8-10,12,14-16,19,22,25,28-51,53,55-56H2,1-2H3,(H,60,63)/b7-5-,13-11-,18-17-,21-20-,24-23-,27-26-,54-52+. The summed E-state index contributed by atoms with van der Waals surface area (Å²) in [4.78, 5) is 12.4. The largest absolute Gasteiger partial charge is 0.394 e. The molecule has 2 unspecified atom stereocenters. The first-order valence-corrected chi connectivity index (χ1v) is 27.3. The first-order valence-electron chi connectivity index (χ1n) is 27.3. The summed E-state index contributed by atoms with van der Waals surface area (Å²) in [5, 5.41) is 23.0. The predicted octanol–water partition coefficient (Wildman–Crippen LogP) is 18.0. The highest BCUT2D eigenvalue weighted by Gasteiger charge is 2.18. The number of carbonyl (C=O) groups is 1. The molecule has 0 aromatic carbocycles. The molecule has 0 bridgehead atoms. The van der Waals surface area contributed by atoms with Gasteiger partial charge in [0.05, 0.1) is 18.8 Å². The molecule has 364 valence electrons. The highest BCUT2D eigenvalue weighted by molar-refractivity contribution is 5.76. The Morgan fingerprint density at radius 1 is 0.397 bits per heavy atom. The van der Waals surface area contributed by atoms with Gasteiger partial charge in [-0.3, -0.25) is 4.79 Å². The van der Waals surface area contributed by atoms with Crippen molar-refractivity contribution in [3.05, 3.63) is 85.1 Å². The van der Waals surface area contributed by atoms with Crippen LogP contribution in [0.3, 0.4) is 0 Å². The quantitative estimate of drug-likeness (QED) is 0.0421. The topological polar surface area (TPSA) is 69.6 Å². The Labute approximate surface area is 392 Å². The van der Waals surface area contributed by atoms with E-state index < -0.39 is 12.1 Å². The van der Waals surface area contributed by atoms with Crippen LogP contribution in [0, 0.1) is 0 Å². The van der Waals surface area contributed by atoms with Gasteiger partial charge in [0.2, 0.25) is 5.91 Å². The van der Waals surface area contributed by atoms with Crippen molar-refractivity contribution in [2.24, 2.45) is 0 Å². The number of carbonyl (C=O) groups excluding carboxylic acids is 1. The lowest BCUT2D eigenvalue weighted by Crippen LogP contribution is -2.45. The van der Waals surface area contributed by atoms with Crippen molar-refractivity contribution >= 4 is 5.91 Å². The fourth-order valence-electron chi connectivity index (χ4n) is 8.01. The number of amides is 1. The van der Waals surface area contributed by atoms with Gasteiger partial charge in [-0.25, -0.2) is 0 Å². The van der Waals surface area contributed by atoms with Crippen molar-refractivity contribution in [3.63, 3.8) is 0 Å². The molecule has 0 rings (SSSR count). The van der Waals surface area contributed by atoms with Gasteiger partial charge in [0.1, 0.15) is 0 Å². The first kappa shape index (κ1) is 60.6.